The Labute approximate surface area is 147 Å². The summed E-state index contributed by atoms with van der Waals surface area (Å²) in [6.07, 6.45) is 3.48. The maximum Gasteiger partial charge on any atom is 0.278 e. The zero-order valence-corrected chi connectivity index (χ0v) is 13.8. The SMILES string of the molecule is Cc1cc(-c2nc(-c3ccc(-n4cnc5ccccc54)nc3)no2)n[nH]1. The Hall–Kier alpha value is -3.81. The maximum absolute atomic E-state index is 5.29. The van der Waals surface area contributed by atoms with Crippen molar-refractivity contribution in [1.29, 1.82) is 0 Å². The molecule has 1 N–H and O–H groups in total. The molecular weight excluding hydrogens is 330 g/mol. The van der Waals surface area contributed by atoms with Gasteiger partial charge in [0.15, 0.2) is 5.69 Å². The molecule has 126 valence electrons. The molecule has 4 heterocycles. The fourth-order valence-electron chi connectivity index (χ4n) is 2.77. The van der Waals surface area contributed by atoms with Gasteiger partial charge in [-0.3, -0.25) is 9.67 Å². The summed E-state index contributed by atoms with van der Waals surface area (Å²) in [5.74, 6) is 1.61. The van der Waals surface area contributed by atoms with Gasteiger partial charge in [0.2, 0.25) is 5.82 Å². The van der Waals surface area contributed by atoms with E-state index in [2.05, 4.69) is 30.3 Å². The molecule has 0 unspecified atom stereocenters. The van der Waals surface area contributed by atoms with Crippen LogP contribution in [0.3, 0.4) is 0 Å². The molecule has 26 heavy (non-hydrogen) atoms. The lowest BCUT2D eigenvalue weighted by Crippen LogP contribution is -1.95. The summed E-state index contributed by atoms with van der Waals surface area (Å²) in [4.78, 5) is 13.3. The second kappa shape index (κ2) is 5.62. The topological polar surface area (TPSA) is 98.3 Å². The van der Waals surface area contributed by atoms with Crippen molar-refractivity contribution < 1.29 is 4.52 Å². The number of aromatic amines is 1. The van der Waals surface area contributed by atoms with Crippen molar-refractivity contribution in [2.45, 2.75) is 6.92 Å². The average molecular weight is 343 g/mol. The van der Waals surface area contributed by atoms with Gasteiger partial charge >= 0.3 is 0 Å². The quantitative estimate of drug-likeness (QED) is 0.540. The van der Waals surface area contributed by atoms with Crippen LogP contribution in [0.15, 0.2) is 59.5 Å². The summed E-state index contributed by atoms with van der Waals surface area (Å²) < 4.78 is 7.23. The number of rotatable bonds is 3. The predicted molar refractivity (Wildman–Crippen MR) is 94.5 cm³/mol. The summed E-state index contributed by atoms with van der Waals surface area (Å²) in [7, 11) is 0. The minimum atomic E-state index is 0.369. The van der Waals surface area contributed by atoms with E-state index >= 15 is 0 Å². The number of hydrogen-bond acceptors (Lipinski definition) is 6. The van der Waals surface area contributed by atoms with Crippen molar-refractivity contribution in [3.8, 4) is 28.8 Å². The number of hydrogen-bond donors (Lipinski definition) is 1. The molecule has 0 atom stereocenters. The van der Waals surface area contributed by atoms with Crippen molar-refractivity contribution in [3.63, 3.8) is 0 Å². The summed E-state index contributed by atoms with van der Waals surface area (Å²) in [5, 5.41) is 11.0. The second-order valence-corrected chi connectivity index (χ2v) is 5.87. The van der Waals surface area contributed by atoms with E-state index in [0.717, 1.165) is 28.1 Å². The largest absolute Gasteiger partial charge is 0.332 e. The molecule has 0 aliphatic rings. The highest BCUT2D eigenvalue weighted by Crippen LogP contribution is 2.22. The molecule has 0 saturated heterocycles. The minimum absolute atomic E-state index is 0.369. The first-order valence-electron chi connectivity index (χ1n) is 8.03. The first-order chi connectivity index (χ1) is 12.8. The number of benzene rings is 1. The zero-order valence-electron chi connectivity index (χ0n) is 13.8. The Balaban J connectivity index is 1.48. The van der Waals surface area contributed by atoms with Crippen molar-refractivity contribution in [2.24, 2.45) is 0 Å². The van der Waals surface area contributed by atoms with E-state index in [0.29, 0.717) is 17.4 Å². The minimum Gasteiger partial charge on any atom is -0.332 e. The zero-order chi connectivity index (χ0) is 17.5. The smallest absolute Gasteiger partial charge is 0.278 e. The summed E-state index contributed by atoms with van der Waals surface area (Å²) in [6.45, 7) is 1.91. The van der Waals surface area contributed by atoms with Crippen molar-refractivity contribution in [3.05, 3.63) is 60.7 Å². The van der Waals surface area contributed by atoms with E-state index in [4.69, 9.17) is 4.52 Å². The number of aromatic nitrogens is 7. The van der Waals surface area contributed by atoms with Crippen LogP contribution in [-0.2, 0) is 0 Å². The molecular formula is C18H13N7O. The predicted octanol–water partition coefficient (Wildman–Crippen LogP) is 3.17. The number of fused-ring (bicyclic) bond motifs is 1. The third kappa shape index (κ3) is 2.35. The first-order valence-corrected chi connectivity index (χ1v) is 8.03. The van der Waals surface area contributed by atoms with Gasteiger partial charge < -0.3 is 4.52 Å². The number of aryl methyl sites for hydroxylation is 1. The molecule has 5 aromatic rings. The Morgan fingerprint density at radius 3 is 2.81 bits per heavy atom. The molecule has 0 aliphatic carbocycles. The number of nitrogens with one attached hydrogen (secondary N) is 1. The van der Waals surface area contributed by atoms with E-state index in [1.807, 2.05) is 54.0 Å². The second-order valence-electron chi connectivity index (χ2n) is 5.87. The van der Waals surface area contributed by atoms with E-state index in [-0.39, 0.29) is 0 Å². The lowest BCUT2D eigenvalue weighted by atomic mass is 10.2. The molecule has 4 aromatic heterocycles. The van der Waals surface area contributed by atoms with E-state index < -0.39 is 0 Å². The molecule has 8 heteroatoms. The normalized spacial score (nSPS) is 11.3. The van der Waals surface area contributed by atoms with E-state index in [1.54, 1.807) is 12.5 Å². The van der Waals surface area contributed by atoms with Crippen LogP contribution in [0.1, 0.15) is 5.69 Å². The van der Waals surface area contributed by atoms with Crippen LogP contribution in [0.2, 0.25) is 0 Å². The first kappa shape index (κ1) is 14.5. The molecule has 8 nitrogen and oxygen atoms in total. The van der Waals surface area contributed by atoms with Gasteiger partial charge in [0.1, 0.15) is 12.1 Å². The third-order valence-corrected chi connectivity index (χ3v) is 4.06. The molecule has 1 aromatic carbocycles. The van der Waals surface area contributed by atoms with Gasteiger partial charge in [-0.05, 0) is 37.3 Å². The van der Waals surface area contributed by atoms with Crippen LogP contribution < -0.4 is 0 Å². The number of H-pyrrole nitrogens is 1. The number of imidazole rings is 1. The standard InChI is InChI=1S/C18H13N7O/c1-11-8-14(23-22-11)18-21-17(24-26-18)12-6-7-16(19-9-12)25-10-20-13-4-2-3-5-15(13)25/h2-10H,1H3,(H,22,23). The number of nitrogens with zero attached hydrogens (tertiary/aromatic N) is 6. The molecule has 0 amide bonds. The highest BCUT2D eigenvalue weighted by molar-refractivity contribution is 5.76. The lowest BCUT2D eigenvalue weighted by Gasteiger charge is -2.03. The van der Waals surface area contributed by atoms with E-state index in [9.17, 15) is 0 Å². The molecule has 0 bridgehead atoms. The van der Waals surface area contributed by atoms with Gasteiger partial charge in [0.05, 0.1) is 11.0 Å². The molecule has 0 saturated carbocycles. The van der Waals surface area contributed by atoms with Crippen LogP contribution in [-0.4, -0.2) is 34.9 Å². The Morgan fingerprint density at radius 2 is 2.00 bits per heavy atom. The van der Waals surface area contributed by atoms with Crippen molar-refractivity contribution in [2.75, 3.05) is 0 Å². The highest BCUT2D eigenvalue weighted by atomic mass is 16.5. The summed E-state index contributed by atoms with van der Waals surface area (Å²) in [6, 6.07) is 13.6. The monoisotopic (exact) mass is 343 g/mol. The van der Waals surface area contributed by atoms with Crippen LogP contribution in [0.4, 0.5) is 0 Å². The van der Waals surface area contributed by atoms with Crippen LogP contribution in [0, 0.1) is 6.92 Å². The van der Waals surface area contributed by atoms with Crippen molar-refractivity contribution >= 4 is 11.0 Å². The third-order valence-electron chi connectivity index (χ3n) is 4.06. The fraction of sp³-hybridized carbons (Fsp3) is 0.0556. The van der Waals surface area contributed by atoms with Crippen molar-refractivity contribution in [1.82, 2.24) is 34.9 Å². The number of para-hydroxylation sites is 2. The fourth-order valence-corrected chi connectivity index (χ4v) is 2.77. The molecule has 0 spiro atoms. The Bertz CT molecular complexity index is 1200. The van der Waals surface area contributed by atoms with Gasteiger partial charge in [-0.2, -0.15) is 10.1 Å². The Morgan fingerprint density at radius 1 is 1.08 bits per heavy atom. The molecule has 0 fully saturated rings. The Kier molecular flexibility index (Phi) is 3.14. The maximum atomic E-state index is 5.29. The van der Waals surface area contributed by atoms with Gasteiger partial charge in [-0.1, -0.05) is 17.3 Å². The van der Waals surface area contributed by atoms with Crippen LogP contribution in [0.25, 0.3) is 39.8 Å². The highest BCUT2D eigenvalue weighted by Gasteiger charge is 2.13. The van der Waals surface area contributed by atoms with Gasteiger partial charge in [0, 0.05) is 17.5 Å². The van der Waals surface area contributed by atoms with E-state index in [1.165, 1.54) is 0 Å². The molecule has 5 rings (SSSR count). The van der Waals surface area contributed by atoms with Crippen LogP contribution in [0.5, 0.6) is 0 Å². The van der Waals surface area contributed by atoms with Gasteiger partial charge in [-0.25, -0.2) is 9.97 Å². The average Bonchev–Trinajstić information content (AvgIpc) is 3.41. The molecule has 0 radical (unpaired) electrons. The van der Waals surface area contributed by atoms with Gasteiger partial charge in [-0.15, -0.1) is 0 Å². The lowest BCUT2D eigenvalue weighted by molar-refractivity contribution is 0.431. The van der Waals surface area contributed by atoms with Crippen LogP contribution >= 0.6 is 0 Å². The summed E-state index contributed by atoms with van der Waals surface area (Å²) >= 11 is 0. The summed E-state index contributed by atoms with van der Waals surface area (Å²) in [5.41, 5.74) is 4.24. The molecule has 0 aliphatic heterocycles. The van der Waals surface area contributed by atoms with Gasteiger partial charge in [0.25, 0.3) is 5.89 Å². The number of pyridine rings is 1.